The SMILES string of the molecule is CC[C@H](C)[C@](C)(O)CNC(=O)Cc1ccc(Cl)s1. The van der Waals surface area contributed by atoms with Gasteiger partial charge in [-0.05, 0) is 25.0 Å². The minimum Gasteiger partial charge on any atom is -0.388 e. The summed E-state index contributed by atoms with van der Waals surface area (Å²) in [6.07, 6.45) is 1.19. The van der Waals surface area contributed by atoms with Crippen molar-refractivity contribution in [2.45, 2.75) is 39.2 Å². The summed E-state index contributed by atoms with van der Waals surface area (Å²) in [6.45, 7) is 6.03. The van der Waals surface area contributed by atoms with Crippen LogP contribution in [0.25, 0.3) is 0 Å². The third-order valence-electron chi connectivity index (χ3n) is 3.28. The van der Waals surface area contributed by atoms with Gasteiger partial charge in [-0.25, -0.2) is 0 Å². The van der Waals surface area contributed by atoms with Gasteiger partial charge in [0, 0.05) is 11.4 Å². The van der Waals surface area contributed by atoms with Crippen LogP contribution in [0.5, 0.6) is 0 Å². The molecule has 0 unspecified atom stereocenters. The zero-order valence-electron chi connectivity index (χ0n) is 11.0. The standard InChI is InChI=1S/C13H20ClNO2S/c1-4-9(2)13(3,17)8-15-12(16)7-10-5-6-11(14)18-10/h5-6,9,17H,4,7-8H2,1-3H3,(H,15,16)/t9-,13+/m0/s1. The summed E-state index contributed by atoms with van der Waals surface area (Å²) >= 11 is 7.20. The average Bonchev–Trinajstić information content (AvgIpc) is 2.71. The number of amides is 1. The molecular weight excluding hydrogens is 270 g/mol. The first-order valence-electron chi connectivity index (χ1n) is 6.08. The van der Waals surface area contributed by atoms with E-state index in [0.29, 0.717) is 10.8 Å². The minimum atomic E-state index is -0.864. The molecular formula is C13H20ClNO2S. The Hall–Kier alpha value is -0.580. The number of nitrogens with one attached hydrogen (secondary N) is 1. The van der Waals surface area contributed by atoms with Crippen LogP contribution in [-0.4, -0.2) is 23.2 Å². The Bertz CT molecular complexity index is 403. The summed E-state index contributed by atoms with van der Waals surface area (Å²) in [5.74, 6) is 0.0612. The van der Waals surface area contributed by atoms with Crippen molar-refractivity contribution >= 4 is 28.8 Å². The van der Waals surface area contributed by atoms with Gasteiger partial charge in [-0.1, -0.05) is 31.9 Å². The molecule has 1 rings (SSSR count). The van der Waals surface area contributed by atoms with Crippen molar-refractivity contribution in [3.8, 4) is 0 Å². The van der Waals surface area contributed by atoms with E-state index in [2.05, 4.69) is 5.32 Å². The van der Waals surface area contributed by atoms with Gasteiger partial charge in [0.25, 0.3) is 0 Å². The van der Waals surface area contributed by atoms with E-state index >= 15 is 0 Å². The molecule has 0 saturated heterocycles. The van der Waals surface area contributed by atoms with Gasteiger partial charge in [-0.15, -0.1) is 11.3 Å². The molecule has 0 bridgehead atoms. The largest absolute Gasteiger partial charge is 0.388 e. The van der Waals surface area contributed by atoms with E-state index < -0.39 is 5.60 Å². The van der Waals surface area contributed by atoms with E-state index in [0.717, 1.165) is 11.3 Å². The zero-order chi connectivity index (χ0) is 13.8. The number of hydrogen-bond donors (Lipinski definition) is 2. The van der Waals surface area contributed by atoms with Crippen molar-refractivity contribution in [3.63, 3.8) is 0 Å². The van der Waals surface area contributed by atoms with E-state index in [1.807, 2.05) is 19.9 Å². The number of carbonyl (C=O) groups is 1. The van der Waals surface area contributed by atoms with Crippen molar-refractivity contribution in [2.24, 2.45) is 5.92 Å². The van der Waals surface area contributed by atoms with Crippen LogP contribution in [0.2, 0.25) is 4.34 Å². The molecule has 1 aromatic heterocycles. The van der Waals surface area contributed by atoms with Crippen LogP contribution in [0, 0.1) is 5.92 Å². The van der Waals surface area contributed by atoms with E-state index in [4.69, 9.17) is 11.6 Å². The molecule has 0 saturated carbocycles. The average molecular weight is 290 g/mol. The Morgan fingerprint density at radius 1 is 1.61 bits per heavy atom. The maximum atomic E-state index is 11.7. The summed E-state index contributed by atoms with van der Waals surface area (Å²) in [6, 6.07) is 3.63. The van der Waals surface area contributed by atoms with E-state index in [9.17, 15) is 9.90 Å². The molecule has 0 aliphatic rings. The van der Waals surface area contributed by atoms with Crippen molar-refractivity contribution in [1.82, 2.24) is 5.32 Å². The molecule has 0 aromatic carbocycles. The van der Waals surface area contributed by atoms with Crippen LogP contribution >= 0.6 is 22.9 Å². The van der Waals surface area contributed by atoms with Gasteiger partial charge in [-0.3, -0.25) is 4.79 Å². The van der Waals surface area contributed by atoms with Gasteiger partial charge in [0.1, 0.15) is 0 Å². The van der Waals surface area contributed by atoms with Crippen LogP contribution in [0.1, 0.15) is 32.1 Å². The molecule has 102 valence electrons. The lowest BCUT2D eigenvalue weighted by atomic mass is 9.88. The monoisotopic (exact) mass is 289 g/mol. The Morgan fingerprint density at radius 3 is 2.78 bits per heavy atom. The summed E-state index contributed by atoms with van der Waals surface area (Å²) in [5.41, 5.74) is -0.864. The van der Waals surface area contributed by atoms with Crippen molar-refractivity contribution in [3.05, 3.63) is 21.3 Å². The Kier molecular flexibility index (Phi) is 5.63. The maximum Gasteiger partial charge on any atom is 0.225 e. The molecule has 0 radical (unpaired) electrons. The highest BCUT2D eigenvalue weighted by molar-refractivity contribution is 7.16. The smallest absolute Gasteiger partial charge is 0.225 e. The zero-order valence-corrected chi connectivity index (χ0v) is 12.6. The molecule has 2 atom stereocenters. The summed E-state index contributed by atoms with van der Waals surface area (Å²) < 4.78 is 0.685. The summed E-state index contributed by atoms with van der Waals surface area (Å²) in [7, 11) is 0. The van der Waals surface area contributed by atoms with E-state index in [-0.39, 0.29) is 18.4 Å². The van der Waals surface area contributed by atoms with Crippen LogP contribution in [0.4, 0.5) is 0 Å². The fourth-order valence-electron chi connectivity index (χ4n) is 1.56. The lowest BCUT2D eigenvalue weighted by Crippen LogP contribution is -2.45. The second-order valence-electron chi connectivity index (χ2n) is 4.83. The normalized spacial score (nSPS) is 16.1. The number of aliphatic hydroxyl groups is 1. The van der Waals surface area contributed by atoms with E-state index in [1.54, 1.807) is 13.0 Å². The molecule has 1 heterocycles. The second-order valence-corrected chi connectivity index (χ2v) is 6.63. The Balaban J connectivity index is 2.42. The molecule has 0 fully saturated rings. The number of thiophene rings is 1. The van der Waals surface area contributed by atoms with Crippen LogP contribution in [-0.2, 0) is 11.2 Å². The molecule has 18 heavy (non-hydrogen) atoms. The van der Waals surface area contributed by atoms with E-state index in [1.165, 1.54) is 11.3 Å². The predicted octanol–water partition coefficient (Wildman–Crippen LogP) is 2.86. The van der Waals surface area contributed by atoms with Gasteiger partial charge < -0.3 is 10.4 Å². The fourth-order valence-corrected chi connectivity index (χ4v) is 2.65. The number of halogens is 1. The molecule has 5 heteroatoms. The summed E-state index contributed by atoms with van der Waals surface area (Å²) in [4.78, 5) is 12.7. The first-order valence-corrected chi connectivity index (χ1v) is 7.28. The van der Waals surface area contributed by atoms with Gasteiger partial charge in [0.05, 0.1) is 16.4 Å². The maximum absolute atomic E-state index is 11.7. The third kappa shape index (κ3) is 4.59. The molecule has 2 N–H and O–H groups in total. The van der Waals surface area contributed by atoms with Gasteiger partial charge >= 0.3 is 0 Å². The van der Waals surface area contributed by atoms with Crippen LogP contribution in [0.15, 0.2) is 12.1 Å². The van der Waals surface area contributed by atoms with Gasteiger partial charge in [0.2, 0.25) is 5.91 Å². The third-order valence-corrected chi connectivity index (χ3v) is 4.51. The first-order chi connectivity index (χ1) is 8.35. The number of hydrogen-bond acceptors (Lipinski definition) is 3. The lowest BCUT2D eigenvalue weighted by Gasteiger charge is -2.29. The van der Waals surface area contributed by atoms with Crippen molar-refractivity contribution in [1.29, 1.82) is 0 Å². The molecule has 1 aromatic rings. The number of carbonyl (C=O) groups excluding carboxylic acids is 1. The second kappa shape index (κ2) is 6.55. The molecule has 1 amide bonds. The fraction of sp³-hybridized carbons (Fsp3) is 0.615. The van der Waals surface area contributed by atoms with Crippen molar-refractivity contribution in [2.75, 3.05) is 6.54 Å². The highest BCUT2D eigenvalue weighted by Gasteiger charge is 2.27. The summed E-state index contributed by atoms with van der Waals surface area (Å²) in [5, 5.41) is 12.9. The first kappa shape index (κ1) is 15.5. The minimum absolute atomic E-state index is 0.0860. The van der Waals surface area contributed by atoms with Gasteiger partial charge in [-0.2, -0.15) is 0 Å². The Labute approximate surface area is 117 Å². The quantitative estimate of drug-likeness (QED) is 0.846. The topological polar surface area (TPSA) is 49.3 Å². The molecule has 3 nitrogen and oxygen atoms in total. The lowest BCUT2D eigenvalue weighted by molar-refractivity contribution is -0.122. The molecule has 0 aliphatic heterocycles. The molecule has 0 spiro atoms. The van der Waals surface area contributed by atoms with Crippen molar-refractivity contribution < 1.29 is 9.90 Å². The number of rotatable bonds is 6. The highest BCUT2D eigenvalue weighted by Crippen LogP contribution is 2.22. The predicted molar refractivity (Wildman–Crippen MR) is 76.1 cm³/mol. The Morgan fingerprint density at radius 2 is 2.28 bits per heavy atom. The van der Waals surface area contributed by atoms with Crippen LogP contribution in [0.3, 0.4) is 0 Å². The van der Waals surface area contributed by atoms with Crippen LogP contribution < -0.4 is 5.32 Å². The highest BCUT2D eigenvalue weighted by atomic mass is 35.5. The molecule has 0 aliphatic carbocycles. The van der Waals surface area contributed by atoms with Gasteiger partial charge in [0.15, 0.2) is 0 Å².